The van der Waals surface area contributed by atoms with Gasteiger partial charge in [0.1, 0.15) is 0 Å². The number of rotatable bonds is 5. The third kappa shape index (κ3) is 5.84. The summed E-state index contributed by atoms with van der Waals surface area (Å²) in [5.74, 6) is 0.691. The third-order valence-electron chi connectivity index (χ3n) is 5.40. The molecule has 1 atom stereocenters. The standard InChI is InChI=1S/C20H30N4O2.ClH/c1-21-13-16-5-4-11-23(14-16)19(25)8-10-22-20(26)24-12-9-17-6-2-3-7-18(17)15-24;/h2-3,6-7,16,21H,4-5,8-15H2,1H3,(H,22,26);1H. The number of nitrogens with one attached hydrogen (secondary N) is 2. The first-order valence-corrected chi connectivity index (χ1v) is 9.69. The second-order valence-electron chi connectivity index (χ2n) is 7.33. The summed E-state index contributed by atoms with van der Waals surface area (Å²) in [6.07, 6.45) is 3.51. The van der Waals surface area contributed by atoms with Crippen molar-refractivity contribution in [3.05, 3.63) is 35.4 Å². The van der Waals surface area contributed by atoms with E-state index in [0.29, 0.717) is 25.4 Å². The molecule has 3 rings (SSSR count). The Morgan fingerprint density at radius 2 is 1.93 bits per heavy atom. The number of piperidine rings is 1. The van der Waals surface area contributed by atoms with Gasteiger partial charge in [-0.25, -0.2) is 4.79 Å². The number of hydrogen-bond acceptors (Lipinski definition) is 3. The molecule has 1 aromatic carbocycles. The third-order valence-corrected chi connectivity index (χ3v) is 5.40. The smallest absolute Gasteiger partial charge is 0.317 e. The van der Waals surface area contributed by atoms with E-state index in [1.54, 1.807) is 0 Å². The summed E-state index contributed by atoms with van der Waals surface area (Å²) in [5, 5.41) is 6.11. The van der Waals surface area contributed by atoms with Crippen LogP contribution >= 0.6 is 12.4 Å². The van der Waals surface area contributed by atoms with Crippen molar-refractivity contribution in [1.29, 1.82) is 0 Å². The second kappa shape index (κ2) is 10.5. The van der Waals surface area contributed by atoms with E-state index in [4.69, 9.17) is 0 Å². The van der Waals surface area contributed by atoms with Gasteiger partial charge in [0, 0.05) is 39.1 Å². The van der Waals surface area contributed by atoms with Gasteiger partial charge in [-0.15, -0.1) is 12.4 Å². The average molecular weight is 395 g/mol. The zero-order chi connectivity index (χ0) is 18.4. The fraction of sp³-hybridized carbons (Fsp3) is 0.600. The van der Waals surface area contributed by atoms with Crippen molar-refractivity contribution in [2.24, 2.45) is 5.92 Å². The lowest BCUT2D eigenvalue weighted by Crippen LogP contribution is -2.45. The molecule has 7 heteroatoms. The highest BCUT2D eigenvalue weighted by molar-refractivity contribution is 5.85. The highest BCUT2D eigenvalue weighted by Gasteiger charge is 2.24. The lowest BCUT2D eigenvalue weighted by atomic mass is 9.98. The molecule has 1 fully saturated rings. The molecule has 6 nitrogen and oxygen atoms in total. The Kier molecular flexibility index (Phi) is 8.38. The highest BCUT2D eigenvalue weighted by Crippen LogP contribution is 2.18. The quantitative estimate of drug-likeness (QED) is 0.803. The van der Waals surface area contributed by atoms with E-state index in [9.17, 15) is 9.59 Å². The van der Waals surface area contributed by atoms with Crippen LogP contribution in [0.4, 0.5) is 4.79 Å². The van der Waals surface area contributed by atoms with Crippen LogP contribution in [0.2, 0.25) is 0 Å². The number of carbonyl (C=O) groups excluding carboxylic acids is 2. The molecule has 2 aliphatic rings. The molecule has 2 heterocycles. The molecule has 1 aromatic rings. The maximum absolute atomic E-state index is 12.4. The number of amides is 3. The normalized spacial score (nSPS) is 19.1. The van der Waals surface area contributed by atoms with Crippen LogP contribution in [0.1, 0.15) is 30.4 Å². The van der Waals surface area contributed by atoms with Gasteiger partial charge < -0.3 is 20.4 Å². The van der Waals surface area contributed by atoms with E-state index in [1.807, 2.05) is 29.0 Å². The van der Waals surface area contributed by atoms with Gasteiger partial charge in [0.15, 0.2) is 0 Å². The minimum atomic E-state index is -0.0704. The summed E-state index contributed by atoms with van der Waals surface area (Å²) in [4.78, 5) is 28.6. The van der Waals surface area contributed by atoms with E-state index in [1.165, 1.54) is 17.5 Å². The van der Waals surface area contributed by atoms with Crippen molar-refractivity contribution in [2.45, 2.75) is 32.2 Å². The molecule has 150 valence electrons. The predicted octanol–water partition coefficient (Wildman–Crippen LogP) is 2.02. The van der Waals surface area contributed by atoms with Gasteiger partial charge >= 0.3 is 6.03 Å². The fourth-order valence-corrected chi connectivity index (χ4v) is 3.96. The van der Waals surface area contributed by atoms with Gasteiger partial charge in [-0.2, -0.15) is 0 Å². The van der Waals surface area contributed by atoms with Crippen LogP contribution in [-0.4, -0.2) is 61.5 Å². The van der Waals surface area contributed by atoms with E-state index in [-0.39, 0.29) is 24.3 Å². The molecular formula is C20H31ClN4O2. The van der Waals surface area contributed by atoms with Crippen molar-refractivity contribution >= 4 is 24.3 Å². The first kappa shape index (κ1) is 21.5. The average Bonchev–Trinajstić information content (AvgIpc) is 2.68. The van der Waals surface area contributed by atoms with Crippen LogP contribution < -0.4 is 10.6 Å². The lowest BCUT2D eigenvalue weighted by molar-refractivity contribution is -0.132. The van der Waals surface area contributed by atoms with Crippen molar-refractivity contribution < 1.29 is 9.59 Å². The monoisotopic (exact) mass is 394 g/mol. The summed E-state index contributed by atoms with van der Waals surface area (Å²) < 4.78 is 0. The molecular weight excluding hydrogens is 364 g/mol. The number of urea groups is 1. The van der Waals surface area contributed by atoms with Gasteiger partial charge in [0.25, 0.3) is 0 Å². The predicted molar refractivity (Wildman–Crippen MR) is 109 cm³/mol. The van der Waals surface area contributed by atoms with Crippen molar-refractivity contribution in [1.82, 2.24) is 20.4 Å². The molecule has 2 aliphatic heterocycles. The molecule has 0 aliphatic carbocycles. The van der Waals surface area contributed by atoms with Crippen molar-refractivity contribution in [2.75, 3.05) is 39.8 Å². The Labute approximate surface area is 168 Å². The number of likely N-dealkylation sites (tertiary alicyclic amines) is 1. The van der Waals surface area contributed by atoms with Gasteiger partial charge in [0.05, 0.1) is 0 Å². The van der Waals surface area contributed by atoms with Crippen molar-refractivity contribution in [3.8, 4) is 0 Å². The van der Waals surface area contributed by atoms with Gasteiger partial charge in [-0.3, -0.25) is 4.79 Å². The number of carbonyl (C=O) groups is 2. The number of nitrogens with zero attached hydrogens (tertiary/aromatic N) is 2. The molecule has 27 heavy (non-hydrogen) atoms. The minimum Gasteiger partial charge on any atom is -0.342 e. The number of halogens is 1. The Morgan fingerprint density at radius 1 is 1.15 bits per heavy atom. The van der Waals surface area contributed by atoms with Gasteiger partial charge in [-0.05, 0) is 49.9 Å². The van der Waals surface area contributed by atoms with E-state index < -0.39 is 0 Å². The molecule has 2 N–H and O–H groups in total. The Bertz CT molecular complexity index is 638. The molecule has 0 saturated carbocycles. The molecule has 3 amide bonds. The minimum absolute atomic E-state index is 0. The van der Waals surface area contributed by atoms with Gasteiger partial charge in [0.2, 0.25) is 5.91 Å². The molecule has 0 spiro atoms. The van der Waals surface area contributed by atoms with Crippen molar-refractivity contribution in [3.63, 3.8) is 0 Å². The van der Waals surface area contributed by atoms with Crippen LogP contribution in [0.15, 0.2) is 24.3 Å². The number of fused-ring (bicyclic) bond motifs is 1. The van der Waals surface area contributed by atoms with Crippen LogP contribution in [-0.2, 0) is 17.8 Å². The first-order chi connectivity index (χ1) is 12.7. The molecule has 1 saturated heterocycles. The highest BCUT2D eigenvalue weighted by atomic mass is 35.5. The lowest BCUT2D eigenvalue weighted by Gasteiger charge is -2.33. The number of hydrogen-bond donors (Lipinski definition) is 2. The van der Waals surface area contributed by atoms with E-state index in [2.05, 4.69) is 22.8 Å². The van der Waals surface area contributed by atoms with E-state index in [0.717, 1.165) is 39.0 Å². The number of benzene rings is 1. The SMILES string of the molecule is CNCC1CCCN(C(=O)CCNC(=O)N2CCc3ccccc3C2)C1.Cl. The summed E-state index contributed by atoms with van der Waals surface area (Å²) in [7, 11) is 1.95. The van der Waals surface area contributed by atoms with Crippen LogP contribution in [0.3, 0.4) is 0 Å². The first-order valence-electron chi connectivity index (χ1n) is 9.69. The zero-order valence-electron chi connectivity index (χ0n) is 16.1. The summed E-state index contributed by atoms with van der Waals surface area (Å²) in [6.45, 7) is 4.41. The Balaban J connectivity index is 0.00000261. The van der Waals surface area contributed by atoms with Gasteiger partial charge in [-0.1, -0.05) is 24.3 Å². The fourth-order valence-electron chi connectivity index (χ4n) is 3.96. The van der Waals surface area contributed by atoms with Crippen LogP contribution in [0.5, 0.6) is 0 Å². The summed E-state index contributed by atoms with van der Waals surface area (Å²) in [6, 6.07) is 8.19. The Hall–Kier alpha value is -1.79. The summed E-state index contributed by atoms with van der Waals surface area (Å²) in [5.41, 5.74) is 2.54. The largest absolute Gasteiger partial charge is 0.342 e. The Morgan fingerprint density at radius 3 is 2.70 bits per heavy atom. The second-order valence-corrected chi connectivity index (χ2v) is 7.33. The zero-order valence-corrected chi connectivity index (χ0v) is 16.9. The maximum atomic E-state index is 12.4. The summed E-state index contributed by atoms with van der Waals surface area (Å²) >= 11 is 0. The maximum Gasteiger partial charge on any atom is 0.317 e. The molecule has 1 unspecified atom stereocenters. The van der Waals surface area contributed by atoms with Crippen LogP contribution in [0.25, 0.3) is 0 Å². The van der Waals surface area contributed by atoms with E-state index >= 15 is 0 Å². The topological polar surface area (TPSA) is 64.7 Å². The van der Waals surface area contributed by atoms with Crippen LogP contribution in [0, 0.1) is 5.92 Å². The molecule has 0 radical (unpaired) electrons. The molecule has 0 aromatic heterocycles. The molecule has 0 bridgehead atoms.